The van der Waals surface area contributed by atoms with Crippen molar-refractivity contribution in [3.63, 3.8) is 0 Å². The van der Waals surface area contributed by atoms with Gasteiger partial charge in [0.25, 0.3) is 0 Å². The maximum atomic E-state index is 5.61. The van der Waals surface area contributed by atoms with Gasteiger partial charge in [0.15, 0.2) is 0 Å². The van der Waals surface area contributed by atoms with Gasteiger partial charge in [0.1, 0.15) is 5.75 Å². The summed E-state index contributed by atoms with van der Waals surface area (Å²) in [6.45, 7) is 0.794. The van der Waals surface area contributed by atoms with E-state index in [2.05, 4.69) is 12.1 Å². The van der Waals surface area contributed by atoms with Crippen LogP contribution in [0.1, 0.15) is 17.9 Å². The summed E-state index contributed by atoms with van der Waals surface area (Å²) in [5.41, 5.74) is 6.93. The summed E-state index contributed by atoms with van der Waals surface area (Å²) < 4.78 is 5.30. The Kier molecular flexibility index (Phi) is 2.23. The fourth-order valence-corrected chi connectivity index (χ4v) is 1.86. The van der Waals surface area contributed by atoms with E-state index < -0.39 is 0 Å². The van der Waals surface area contributed by atoms with E-state index in [1.807, 2.05) is 12.1 Å². The fourth-order valence-electron chi connectivity index (χ4n) is 1.86. The number of nitrogens with two attached hydrogens (primary N) is 1. The molecule has 0 radical (unpaired) electrons. The maximum absolute atomic E-state index is 5.61. The molecule has 1 aromatic carbocycles. The minimum atomic E-state index is 0.640. The van der Waals surface area contributed by atoms with Crippen LogP contribution in [0.15, 0.2) is 24.3 Å². The molecular formula is C11H15NO. The Morgan fingerprint density at radius 3 is 2.85 bits per heavy atom. The van der Waals surface area contributed by atoms with Gasteiger partial charge in [-0.25, -0.2) is 0 Å². The SMILES string of the molecule is COc1ccccc1[C@@H]1C[C@H]1CN. The molecule has 0 saturated heterocycles. The van der Waals surface area contributed by atoms with Crippen molar-refractivity contribution in [2.75, 3.05) is 13.7 Å². The van der Waals surface area contributed by atoms with Gasteiger partial charge in [0, 0.05) is 0 Å². The Hall–Kier alpha value is -1.02. The van der Waals surface area contributed by atoms with Gasteiger partial charge in [-0.3, -0.25) is 0 Å². The first kappa shape index (κ1) is 8.57. The topological polar surface area (TPSA) is 35.2 Å². The van der Waals surface area contributed by atoms with Gasteiger partial charge < -0.3 is 10.5 Å². The van der Waals surface area contributed by atoms with E-state index in [0.717, 1.165) is 12.3 Å². The first-order valence-corrected chi connectivity index (χ1v) is 4.69. The van der Waals surface area contributed by atoms with Crippen molar-refractivity contribution in [3.05, 3.63) is 29.8 Å². The van der Waals surface area contributed by atoms with Crippen molar-refractivity contribution < 1.29 is 4.74 Å². The van der Waals surface area contributed by atoms with Crippen LogP contribution in [0.5, 0.6) is 5.75 Å². The van der Waals surface area contributed by atoms with E-state index in [1.165, 1.54) is 12.0 Å². The summed E-state index contributed by atoms with van der Waals surface area (Å²) in [4.78, 5) is 0. The molecule has 0 spiro atoms. The molecule has 1 aliphatic carbocycles. The van der Waals surface area contributed by atoms with E-state index in [1.54, 1.807) is 7.11 Å². The van der Waals surface area contributed by atoms with Crippen molar-refractivity contribution >= 4 is 0 Å². The molecule has 1 saturated carbocycles. The summed E-state index contributed by atoms with van der Waals surface area (Å²) in [5.74, 6) is 2.32. The summed E-state index contributed by atoms with van der Waals surface area (Å²) in [6.07, 6.45) is 1.22. The smallest absolute Gasteiger partial charge is 0.122 e. The Balaban J connectivity index is 2.20. The summed E-state index contributed by atoms with van der Waals surface area (Å²) in [6, 6.07) is 8.21. The third-order valence-electron chi connectivity index (χ3n) is 2.76. The lowest BCUT2D eigenvalue weighted by Crippen LogP contribution is -2.02. The van der Waals surface area contributed by atoms with Crippen molar-refractivity contribution in [2.24, 2.45) is 11.7 Å². The van der Waals surface area contributed by atoms with Crippen LogP contribution < -0.4 is 10.5 Å². The molecule has 70 valence electrons. The Morgan fingerprint density at radius 1 is 1.46 bits per heavy atom. The minimum absolute atomic E-state index is 0.640. The van der Waals surface area contributed by atoms with Crippen LogP contribution in [0.4, 0.5) is 0 Å². The second-order valence-electron chi connectivity index (χ2n) is 3.58. The monoisotopic (exact) mass is 177 g/mol. The van der Waals surface area contributed by atoms with Gasteiger partial charge in [-0.1, -0.05) is 18.2 Å². The van der Waals surface area contributed by atoms with Gasteiger partial charge in [0.05, 0.1) is 7.11 Å². The summed E-state index contributed by atoms with van der Waals surface area (Å²) >= 11 is 0. The maximum Gasteiger partial charge on any atom is 0.122 e. The molecule has 2 rings (SSSR count). The number of hydrogen-bond donors (Lipinski definition) is 1. The summed E-state index contributed by atoms with van der Waals surface area (Å²) in [5, 5.41) is 0. The van der Waals surface area contributed by atoms with Gasteiger partial charge in [-0.15, -0.1) is 0 Å². The molecular weight excluding hydrogens is 162 g/mol. The zero-order valence-corrected chi connectivity index (χ0v) is 7.86. The lowest BCUT2D eigenvalue weighted by molar-refractivity contribution is 0.409. The van der Waals surface area contributed by atoms with Crippen molar-refractivity contribution in [2.45, 2.75) is 12.3 Å². The molecule has 0 aliphatic heterocycles. The Morgan fingerprint density at radius 2 is 2.23 bits per heavy atom. The predicted molar refractivity (Wildman–Crippen MR) is 52.9 cm³/mol. The summed E-state index contributed by atoms with van der Waals surface area (Å²) in [7, 11) is 1.72. The van der Waals surface area contributed by atoms with Crippen LogP contribution >= 0.6 is 0 Å². The van der Waals surface area contributed by atoms with Crippen LogP contribution in [0.25, 0.3) is 0 Å². The number of rotatable bonds is 3. The largest absolute Gasteiger partial charge is 0.496 e. The lowest BCUT2D eigenvalue weighted by atomic mass is 10.1. The first-order chi connectivity index (χ1) is 6.36. The molecule has 1 fully saturated rings. The van der Waals surface area contributed by atoms with E-state index in [-0.39, 0.29) is 0 Å². The molecule has 2 N–H and O–H groups in total. The molecule has 2 nitrogen and oxygen atoms in total. The van der Waals surface area contributed by atoms with Crippen LogP contribution in [-0.4, -0.2) is 13.7 Å². The zero-order chi connectivity index (χ0) is 9.26. The number of hydrogen-bond acceptors (Lipinski definition) is 2. The van der Waals surface area contributed by atoms with Gasteiger partial charge in [0.2, 0.25) is 0 Å². The zero-order valence-electron chi connectivity index (χ0n) is 7.86. The predicted octanol–water partition coefficient (Wildman–Crippen LogP) is 1.76. The van der Waals surface area contributed by atoms with Gasteiger partial charge in [-0.05, 0) is 36.4 Å². The first-order valence-electron chi connectivity index (χ1n) is 4.69. The van der Waals surface area contributed by atoms with Crippen molar-refractivity contribution in [3.8, 4) is 5.75 Å². The molecule has 13 heavy (non-hydrogen) atoms. The Bertz CT molecular complexity index is 298. The standard InChI is InChI=1S/C11H15NO/c1-13-11-5-3-2-4-9(11)10-6-8(10)7-12/h2-5,8,10H,6-7,12H2,1H3/t8-,10+/m0/s1. The molecule has 2 heteroatoms. The van der Waals surface area contributed by atoms with Crippen LogP contribution in [0.3, 0.4) is 0 Å². The van der Waals surface area contributed by atoms with Gasteiger partial charge >= 0.3 is 0 Å². The molecule has 0 unspecified atom stereocenters. The van der Waals surface area contributed by atoms with E-state index in [4.69, 9.17) is 10.5 Å². The molecule has 2 atom stereocenters. The minimum Gasteiger partial charge on any atom is -0.496 e. The third-order valence-corrected chi connectivity index (χ3v) is 2.76. The highest BCUT2D eigenvalue weighted by atomic mass is 16.5. The average Bonchev–Trinajstić information content (AvgIpc) is 2.96. The number of benzene rings is 1. The Labute approximate surface area is 78.7 Å². The quantitative estimate of drug-likeness (QED) is 0.763. The number of para-hydroxylation sites is 1. The second-order valence-corrected chi connectivity index (χ2v) is 3.58. The molecule has 0 bridgehead atoms. The fraction of sp³-hybridized carbons (Fsp3) is 0.455. The van der Waals surface area contributed by atoms with Crippen molar-refractivity contribution in [1.82, 2.24) is 0 Å². The number of methoxy groups -OCH3 is 1. The average molecular weight is 177 g/mol. The molecule has 0 amide bonds. The third kappa shape index (κ3) is 1.54. The van der Waals surface area contributed by atoms with Gasteiger partial charge in [-0.2, -0.15) is 0 Å². The highest BCUT2D eigenvalue weighted by Crippen LogP contribution is 2.49. The van der Waals surface area contributed by atoms with Crippen molar-refractivity contribution in [1.29, 1.82) is 0 Å². The van der Waals surface area contributed by atoms with Crippen LogP contribution in [-0.2, 0) is 0 Å². The van der Waals surface area contributed by atoms with E-state index >= 15 is 0 Å². The van der Waals surface area contributed by atoms with E-state index in [9.17, 15) is 0 Å². The highest BCUT2D eigenvalue weighted by Gasteiger charge is 2.38. The van der Waals surface area contributed by atoms with E-state index in [0.29, 0.717) is 11.8 Å². The number of ether oxygens (including phenoxy) is 1. The molecule has 0 heterocycles. The lowest BCUT2D eigenvalue weighted by Gasteiger charge is -2.06. The molecule has 1 aliphatic rings. The van der Waals surface area contributed by atoms with Crippen LogP contribution in [0, 0.1) is 5.92 Å². The molecule has 1 aromatic rings. The second kappa shape index (κ2) is 3.38. The highest BCUT2D eigenvalue weighted by molar-refractivity contribution is 5.39. The normalized spacial score (nSPS) is 25.7. The molecule has 0 aromatic heterocycles. The van der Waals surface area contributed by atoms with Crippen LogP contribution in [0.2, 0.25) is 0 Å².